The molecule has 3 atom stereocenters. The van der Waals surface area contributed by atoms with Crippen molar-refractivity contribution in [3.63, 3.8) is 0 Å². The standard InChI is InChI=1S/C17H17NO2S2/c1-11-7-9-12(10-8-11)14-15(17(18)21)16(14)22(19,20)13-5-3-2-4-6-13/h2-10,14-16H,1H3,(H2,18,21)/t14-,15+,16-/m1/s1. The molecule has 1 fully saturated rings. The third-order valence-electron chi connectivity index (χ3n) is 4.17. The van der Waals surface area contributed by atoms with Crippen molar-refractivity contribution in [2.75, 3.05) is 0 Å². The van der Waals surface area contributed by atoms with Gasteiger partial charge in [0.2, 0.25) is 0 Å². The molecule has 0 unspecified atom stereocenters. The number of aryl methyl sites for hydroxylation is 1. The van der Waals surface area contributed by atoms with Crippen LogP contribution in [0.15, 0.2) is 59.5 Å². The molecule has 1 aliphatic carbocycles. The number of hydrogen-bond acceptors (Lipinski definition) is 3. The van der Waals surface area contributed by atoms with Gasteiger partial charge in [0.1, 0.15) is 0 Å². The average Bonchev–Trinajstić information content (AvgIpc) is 3.25. The molecule has 1 saturated carbocycles. The lowest BCUT2D eigenvalue weighted by Crippen LogP contribution is -2.17. The number of thiocarbonyl (C=S) groups is 1. The summed E-state index contributed by atoms with van der Waals surface area (Å²) in [7, 11) is -3.43. The first-order valence-electron chi connectivity index (χ1n) is 7.08. The Labute approximate surface area is 136 Å². The zero-order valence-corrected chi connectivity index (χ0v) is 13.8. The SMILES string of the molecule is Cc1ccc([C@@H]2[C@H](C(N)=S)[C@@H]2S(=O)(=O)c2ccccc2)cc1. The van der Waals surface area contributed by atoms with Gasteiger partial charge in [0.15, 0.2) is 9.84 Å². The molecule has 3 nitrogen and oxygen atoms in total. The Morgan fingerprint density at radius 1 is 1.05 bits per heavy atom. The van der Waals surface area contributed by atoms with Crippen molar-refractivity contribution >= 4 is 27.0 Å². The Hall–Kier alpha value is -1.72. The first-order chi connectivity index (χ1) is 10.4. The van der Waals surface area contributed by atoms with Crippen molar-refractivity contribution < 1.29 is 8.42 Å². The Morgan fingerprint density at radius 3 is 2.18 bits per heavy atom. The maximum atomic E-state index is 12.8. The highest BCUT2D eigenvalue weighted by molar-refractivity contribution is 7.92. The summed E-state index contributed by atoms with van der Waals surface area (Å²) in [5.74, 6) is -0.439. The third-order valence-corrected chi connectivity index (χ3v) is 6.68. The number of nitrogens with two attached hydrogens (primary N) is 1. The molecular weight excluding hydrogens is 314 g/mol. The van der Waals surface area contributed by atoms with E-state index in [4.69, 9.17) is 18.0 Å². The minimum Gasteiger partial charge on any atom is -0.393 e. The van der Waals surface area contributed by atoms with E-state index >= 15 is 0 Å². The van der Waals surface area contributed by atoms with Crippen molar-refractivity contribution in [2.45, 2.75) is 23.0 Å². The fraction of sp³-hybridized carbons (Fsp3) is 0.235. The molecule has 0 bridgehead atoms. The first-order valence-corrected chi connectivity index (χ1v) is 9.03. The second-order valence-electron chi connectivity index (χ2n) is 5.69. The Balaban J connectivity index is 1.99. The van der Waals surface area contributed by atoms with Crippen LogP contribution in [0.3, 0.4) is 0 Å². The monoisotopic (exact) mass is 331 g/mol. The molecule has 5 heteroatoms. The molecule has 0 heterocycles. The Morgan fingerprint density at radius 2 is 1.64 bits per heavy atom. The summed E-state index contributed by atoms with van der Waals surface area (Å²) in [5, 5.41) is -0.560. The van der Waals surface area contributed by atoms with Gasteiger partial charge in [-0.05, 0) is 24.6 Å². The lowest BCUT2D eigenvalue weighted by atomic mass is 10.1. The maximum absolute atomic E-state index is 12.8. The van der Waals surface area contributed by atoms with E-state index in [2.05, 4.69) is 0 Å². The lowest BCUT2D eigenvalue weighted by Gasteiger charge is -2.04. The van der Waals surface area contributed by atoms with Gasteiger partial charge in [0, 0.05) is 11.8 Å². The molecule has 0 radical (unpaired) electrons. The van der Waals surface area contributed by atoms with Gasteiger partial charge in [0.05, 0.1) is 15.1 Å². The molecule has 22 heavy (non-hydrogen) atoms. The Kier molecular flexibility index (Phi) is 3.78. The fourth-order valence-corrected chi connectivity index (χ4v) is 5.51. The van der Waals surface area contributed by atoms with Gasteiger partial charge in [-0.3, -0.25) is 0 Å². The summed E-state index contributed by atoms with van der Waals surface area (Å²) in [6.45, 7) is 2.00. The van der Waals surface area contributed by atoms with E-state index in [-0.39, 0.29) is 16.8 Å². The highest BCUT2D eigenvalue weighted by Crippen LogP contribution is 2.54. The van der Waals surface area contributed by atoms with Crippen molar-refractivity contribution in [1.29, 1.82) is 0 Å². The van der Waals surface area contributed by atoms with Crippen LogP contribution in [-0.4, -0.2) is 18.7 Å². The summed E-state index contributed by atoms with van der Waals surface area (Å²) in [6, 6.07) is 16.4. The topological polar surface area (TPSA) is 60.2 Å². The summed E-state index contributed by atoms with van der Waals surface area (Å²) < 4.78 is 25.7. The molecule has 0 aromatic heterocycles. The summed E-state index contributed by atoms with van der Waals surface area (Å²) in [4.78, 5) is 0.603. The molecule has 1 aliphatic rings. The number of hydrogen-bond donors (Lipinski definition) is 1. The van der Waals surface area contributed by atoms with Gasteiger partial charge < -0.3 is 5.73 Å². The molecule has 2 aromatic carbocycles. The Bertz CT molecular complexity index is 798. The van der Waals surface area contributed by atoms with Gasteiger partial charge in [-0.25, -0.2) is 8.42 Å². The van der Waals surface area contributed by atoms with E-state index < -0.39 is 15.1 Å². The van der Waals surface area contributed by atoms with Crippen LogP contribution in [0.4, 0.5) is 0 Å². The van der Waals surface area contributed by atoms with Gasteiger partial charge in [-0.2, -0.15) is 0 Å². The smallest absolute Gasteiger partial charge is 0.182 e. The van der Waals surface area contributed by atoms with E-state index in [1.165, 1.54) is 0 Å². The zero-order valence-electron chi connectivity index (χ0n) is 12.1. The van der Waals surface area contributed by atoms with Crippen LogP contribution >= 0.6 is 12.2 Å². The fourth-order valence-electron chi connectivity index (χ4n) is 2.96. The van der Waals surface area contributed by atoms with Crippen LogP contribution in [0, 0.1) is 12.8 Å². The van der Waals surface area contributed by atoms with E-state index in [1.54, 1.807) is 30.3 Å². The minimum atomic E-state index is -3.43. The molecule has 114 valence electrons. The molecular formula is C17H17NO2S2. The molecule has 0 aliphatic heterocycles. The minimum absolute atomic E-state index is 0.150. The zero-order chi connectivity index (χ0) is 15.9. The summed E-state index contributed by atoms with van der Waals surface area (Å²) in [5.41, 5.74) is 7.90. The van der Waals surface area contributed by atoms with Crippen LogP contribution in [0.25, 0.3) is 0 Å². The second kappa shape index (κ2) is 5.48. The van der Waals surface area contributed by atoms with Crippen LogP contribution in [0.5, 0.6) is 0 Å². The first kappa shape index (κ1) is 15.2. The molecule has 0 saturated heterocycles. The molecule has 0 spiro atoms. The third kappa shape index (κ3) is 2.55. The van der Waals surface area contributed by atoms with Crippen LogP contribution < -0.4 is 5.73 Å². The van der Waals surface area contributed by atoms with Gasteiger partial charge in [0.25, 0.3) is 0 Å². The van der Waals surface area contributed by atoms with E-state index in [1.807, 2.05) is 31.2 Å². The molecule has 2 N–H and O–H groups in total. The van der Waals surface area contributed by atoms with Gasteiger partial charge >= 0.3 is 0 Å². The van der Waals surface area contributed by atoms with Crippen molar-refractivity contribution in [2.24, 2.45) is 11.7 Å². The highest BCUT2D eigenvalue weighted by Gasteiger charge is 2.60. The predicted molar refractivity (Wildman–Crippen MR) is 91.6 cm³/mol. The molecule has 0 amide bonds. The van der Waals surface area contributed by atoms with Crippen molar-refractivity contribution in [3.05, 3.63) is 65.7 Å². The quantitative estimate of drug-likeness (QED) is 0.875. The number of sulfone groups is 1. The van der Waals surface area contributed by atoms with E-state index in [0.29, 0.717) is 4.90 Å². The lowest BCUT2D eigenvalue weighted by molar-refractivity contribution is 0.593. The maximum Gasteiger partial charge on any atom is 0.182 e. The second-order valence-corrected chi connectivity index (χ2v) is 8.26. The predicted octanol–water partition coefficient (Wildman–Crippen LogP) is 2.84. The molecule has 2 aromatic rings. The average molecular weight is 331 g/mol. The largest absolute Gasteiger partial charge is 0.393 e. The number of rotatable bonds is 4. The van der Waals surface area contributed by atoms with Gasteiger partial charge in [-0.1, -0.05) is 60.2 Å². The highest BCUT2D eigenvalue weighted by atomic mass is 32.2. The summed E-state index contributed by atoms with van der Waals surface area (Å²) >= 11 is 5.09. The van der Waals surface area contributed by atoms with Crippen LogP contribution in [-0.2, 0) is 9.84 Å². The van der Waals surface area contributed by atoms with E-state index in [9.17, 15) is 8.42 Å². The number of benzene rings is 2. The normalized spacial score (nSPS) is 24.0. The van der Waals surface area contributed by atoms with E-state index in [0.717, 1.165) is 11.1 Å². The molecule has 3 rings (SSSR count). The van der Waals surface area contributed by atoms with Crippen LogP contribution in [0.1, 0.15) is 17.0 Å². The van der Waals surface area contributed by atoms with Crippen LogP contribution in [0.2, 0.25) is 0 Å². The summed E-state index contributed by atoms with van der Waals surface area (Å²) in [6.07, 6.45) is 0. The van der Waals surface area contributed by atoms with Gasteiger partial charge in [-0.15, -0.1) is 0 Å². The van der Waals surface area contributed by atoms with Crippen molar-refractivity contribution in [1.82, 2.24) is 0 Å². The van der Waals surface area contributed by atoms with Crippen molar-refractivity contribution in [3.8, 4) is 0 Å².